The summed E-state index contributed by atoms with van der Waals surface area (Å²) in [6, 6.07) is 14.8. The highest BCUT2D eigenvalue weighted by Crippen LogP contribution is 2.50. The number of nitrogens with one attached hydrogen (secondary N) is 2. The second-order valence-electron chi connectivity index (χ2n) is 12.2. The van der Waals surface area contributed by atoms with Crippen LogP contribution in [0.3, 0.4) is 0 Å². The van der Waals surface area contributed by atoms with E-state index < -0.39 is 50.5 Å². The molecule has 0 radical (unpaired) electrons. The fraction of sp³-hybridized carbons (Fsp3) is 0.469. The van der Waals surface area contributed by atoms with Crippen LogP contribution in [0.25, 0.3) is 6.08 Å². The van der Waals surface area contributed by atoms with Crippen LogP contribution in [-0.2, 0) is 24.5 Å². The van der Waals surface area contributed by atoms with Crippen LogP contribution in [0.15, 0.2) is 65.6 Å². The maximum absolute atomic E-state index is 13.1. The van der Waals surface area contributed by atoms with Gasteiger partial charge in [-0.1, -0.05) is 86.4 Å². The smallest absolute Gasteiger partial charge is 0.294 e. The average Bonchev–Trinajstić information content (AvgIpc) is 2.96. The molecular weight excluding hydrogens is 584 g/mol. The highest BCUT2D eigenvalue weighted by molar-refractivity contribution is 7.85. The molecule has 0 aliphatic heterocycles. The van der Waals surface area contributed by atoms with E-state index in [2.05, 4.69) is 5.43 Å². The zero-order chi connectivity index (χ0) is 33.1. The second kappa shape index (κ2) is 16.1. The summed E-state index contributed by atoms with van der Waals surface area (Å²) >= 11 is 0. The standard InChI is InChI=1S/C25H38N4O4.C7H8O3S/c1-17(26)21(30)25(3,23(32)28-27)16-24(2,15-19-12-7-13-19)20(22(31)29-33)14-8-11-18-9-5-4-6-10-18;1-6-2-4-7(5-3-6)11(8,9)10/h4-6,8-11,17,19-20,33H,7,12-16,26-27H2,1-3H3,(H,28,32)(H,29,31);2-5H,1H3,(H,8,9,10)/b11-8+;/t17-,20-,24-,25?;/m1./s1. The molecule has 11 nitrogen and oxygen atoms in total. The summed E-state index contributed by atoms with van der Waals surface area (Å²) in [5, 5.41) is 9.53. The Bertz CT molecular complexity index is 1390. The van der Waals surface area contributed by atoms with Gasteiger partial charge < -0.3 is 5.73 Å². The van der Waals surface area contributed by atoms with Crippen molar-refractivity contribution in [2.45, 2.75) is 77.2 Å². The molecule has 242 valence electrons. The van der Waals surface area contributed by atoms with Crippen molar-refractivity contribution < 1.29 is 32.6 Å². The number of hydrogen-bond donors (Lipinski definition) is 6. The van der Waals surface area contributed by atoms with Crippen molar-refractivity contribution >= 4 is 33.8 Å². The minimum atomic E-state index is -4.02. The van der Waals surface area contributed by atoms with E-state index in [1.807, 2.05) is 56.3 Å². The van der Waals surface area contributed by atoms with Crippen LogP contribution in [0.2, 0.25) is 0 Å². The first-order chi connectivity index (χ1) is 20.6. The van der Waals surface area contributed by atoms with Crippen molar-refractivity contribution in [3.63, 3.8) is 0 Å². The summed E-state index contributed by atoms with van der Waals surface area (Å²) in [6.45, 7) is 6.83. The second-order valence-corrected chi connectivity index (χ2v) is 13.6. The maximum Gasteiger partial charge on any atom is 0.294 e. The molecule has 2 aromatic carbocycles. The minimum Gasteiger partial charge on any atom is -0.322 e. The van der Waals surface area contributed by atoms with Gasteiger partial charge in [0, 0.05) is 5.92 Å². The third kappa shape index (κ3) is 10.1. The number of carbonyl (C=O) groups excluding carboxylic acids is 3. The van der Waals surface area contributed by atoms with Gasteiger partial charge in [0.25, 0.3) is 10.1 Å². The predicted molar refractivity (Wildman–Crippen MR) is 168 cm³/mol. The highest BCUT2D eigenvalue weighted by Gasteiger charge is 2.51. The van der Waals surface area contributed by atoms with E-state index in [4.69, 9.17) is 16.1 Å². The Kier molecular flexibility index (Phi) is 13.4. The molecule has 44 heavy (non-hydrogen) atoms. The SMILES string of the molecule is C[C@@H](N)C(=O)C(C)(C[C@@](C)(CC1CCC1)[C@H](C/C=C/c1ccccc1)C(=O)NO)C(=O)NN.Cc1ccc(S(=O)(=O)O)cc1. The number of nitrogens with two attached hydrogens (primary N) is 2. The lowest BCUT2D eigenvalue weighted by molar-refractivity contribution is -0.149. The van der Waals surface area contributed by atoms with Crippen LogP contribution in [0, 0.1) is 29.6 Å². The number of allylic oxidation sites excluding steroid dienone is 1. The number of aryl methyl sites for hydroxylation is 1. The molecule has 1 fully saturated rings. The number of amides is 2. The van der Waals surface area contributed by atoms with Crippen molar-refractivity contribution in [1.29, 1.82) is 0 Å². The maximum atomic E-state index is 13.1. The average molecular weight is 631 g/mol. The molecule has 4 atom stereocenters. The van der Waals surface area contributed by atoms with E-state index in [1.165, 1.54) is 26.0 Å². The summed E-state index contributed by atoms with van der Waals surface area (Å²) in [4.78, 5) is 38.7. The number of hydrazine groups is 1. The monoisotopic (exact) mass is 630 g/mol. The third-order valence-corrected chi connectivity index (χ3v) is 9.26. The van der Waals surface area contributed by atoms with Crippen molar-refractivity contribution in [3.05, 3.63) is 71.8 Å². The third-order valence-electron chi connectivity index (χ3n) is 8.40. The largest absolute Gasteiger partial charge is 0.322 e. The van der Waals surface area contributed by atoms with Crippen molar-refractivity contribution in [1.82, 2.24) is 10.9 Å². The van der Waals surface area contributed by atoms with Crippen molar-refractivity contribution in [2.24, 2.45) is 34.2 Å². The van der Waals surface area contributed by atoms with Gasteiger partial charge in [-0.2, -0.15) is 8.42 Å². The fourth-order valence-corrected chi connectivity index (χ4v) is 6.32. The first-order valence-electron chi connectivity index (χ1n) is 14.6. The molecule has 1 saturated carbocycles. The lowest BCUT2D eigenvalue weighted by atomic mass is 9.58. The Balaban J connectivity index is 0.000000514. The van der Waals surface area contributed by atoms with Gasteiger partial charge >= 0.3 is 0 Å². The zero-order valence-electron chi connectivity index (χ0n) is 25.8. The summed E-state index contributed by atoms with van der Waals surface area (Å²) in [5.41, 5.74) is 9.45. The minimum absolute atomic E-state index is 0.0666. The molecule has 1 aliphatic rings. The quantitative estimate of drug-likeness (QED) is 0.0473. The van der Waals surface area contributed by atoms with Gasteiger partial charge in [0.15, 0.2) is 5.78 Å². The summed E-state index contributed by atoms with van der Waals surface area (Å²) in [7, 11) is -4.02. The molecule has 1 aliphatic carbocycles. The van der Waals surface area contributed by atoms with Crippen LogP contribution in [-0.4, -0.2) is 41.8 Å². The number of carbonyl (C=O) groups is 3. The van der Waals surface area contributed by atoms with E-state index in [1.54, 1.807) is 17.6 Å². The number of rotatable bonds is 13. The number of Topliss-reactive ketones (excluding diaryl/α,β-unsaturated/α-hetero) is 1. The molecule has 1 unspecified atom stereocenters. The molecule has 0 spiro atoms. The Morgan fingerprint density at radius 3 is 2.11 bits per heavy atom. The summed E-state index contributed by atoms with van der Waals surface area (Å²) < 4.78 is 29.6. The molecule has 2 amide bonds. The van der Waals surface area contributed by atoms with E-state index in [9.17, 15) is 28.0 Å². The van der Waals surface area contributed by atoms with Crippen LogP contribution < -0.4 is 22.5 Å². The Labute approximate surface area is 260 Å². The van der Waals surface area contributed by atoms with Gasteiger partial charge in [0.05, 0.1) is 10.9 Å². The van der Waals surface area contributed by atoms with Gasteiger partial charge in [-0.3, -0.25) is 29.6 Å². The van der Waals surface area contributed by atoms with Crippen LogP contribution in [0.1, 0.15) is 70.4 Å². The number of ketones is 1. The lowest BCUT2D eigenvalue weighted by Gasteiger charge is -2.45. The molecule has 3 rings (SSSR count). The molecule has 0 bridgehead atoms. The van der Waals surface area contributed by atoms with Gasteiger partial charge in [-0.15, -0.1) is 0 Å². The molecule has 8 N–H and O–H groups in total. The number of benzene rings is 2. The number of hydroxylamine groups is 1. The molecule has 0 heterocycles. The van der Waals surface area contributed by atoms with Gasteiger partial charge in [0.1, 0.15) is 5.41 Å². The van der Waals surface area contributed by atoms with E-state index in [0.29, 0.717) is 18.8 Å². The zero-order valence-corrected chi connectivity index (χ0v) is 26.6. The topological polar surface area (TPSA) is 202 Å². The normalized spacial score (nSPS) is 17.5. The van der Waals surface area contributed by atoms with Crippen molar-refractivity contribution in [2.75, 3.05) is 0 Å². The number of hydrogen-bond acceptors (Lipinski definition) is 8. The first-order valence-corrected chi connectivity index (χ1v) is 16.0. The van der Waals surface area contributed by atoms with E-state index in [0.717, 1.165) is 30.4 Å². The predicted octanol–water partition coefficient (Wildman–Crippen LogP) is 3.95. The fourth-order valence-electron chi connectivity index (χ4n) is 5.84. The molecule has 12 heteroatoms. The first kappa shape index (κ1) is 36.8. The molecule has 0 saturated heterocycles. The Hall–Kier alpha value is -3.42. The van der Waals surface area contributed by atoms with Crippen molar-refractivity contribution in [3.8, 4) is 0 Å². The Morgan fingerprint density at radius 2 is 1.66 bits per heavy atom. The summed E-state index contributed by atoms with van der Waals surface area (Å²) in [6.07, 6.45) is 8.04. The Morgan fingerprint density at radius 1 is 1.07 bits per heavy atom. The van der Waals surface area contributed by atoms with Crippen LogP contribution >= 0.6 is 0 Å². The highest BCUT2D eigenvalue weighted by atomic mass is 32.2. The van der Waals surface area contributed by atoms with Crippen LogP contribution in [0.5, 0.6) is 0 Å². The van der Waals surface area contributed by atoms with E-state index >= 15 is 0 Å². The lowest BCUT2D eigenvalue weighted by Crippen LogP contribution is -2.55. The van der Waals surface area contributed by atoms with Crippen LogP contribution in [0.4, 0.5) is 0 Å². The van der Waals surface area contributed by atoms with Gasteiger partial charge in [-0.05, 0) is 69.1 Å². The van der Waals surface area contributed by atoms with Gasteiger partial charge in [-0.25, -0.2) is 11.3 Å². The summed E-state index contributed by atoms with van der Waals surface area (Å²) in [5.74, 6) is 3.54. The van der Waals surface area contributed by atoms with E-state index in [-0.39, 0.29) is 11.3 Å². The molecular formula is C32H46N4O7S. The molecule has 2 aromatic rings. The van der Waals surface area contributed by atoms with Gasteiger partial charge in [0.2, 0.25) is 11.8 Å². The molecule has 0 aromatic heterocycles.